The number of carbonyl (C=O) groups excluding carboxylic acids is 1. The maximum atomic E-state index is 11.9. The van der Waals surface area contributed by atoms with E-state index in [1.54, 1.807) is 0 Å². The molecule has 1 rings (SSSR count). The molecule has 106 valence electrons. The SMILES string of the molecule is CCCCCCCCOC(=O)C1CCCCC1C. The molecule has 0 bridgehead atoms. The van der Waals surface area contributed by atoms with Crippen LogP contribution in [0.3, 0.4) is 0 Å². The lowest BCUT2D eigenvalue weighted by Crippen LogP contribution is -2.27. The van der Waals surface area contributed by atoms with Crippen LogP contribution in [0.15, 0.2) is 0 Å². The molecule has 2 heteroatoms. The molecule has 0 saturated heterocycles. The monoisotopic (exact) mass is 254 g/mol. The Morgan fingerprint density at radius 2 is 1.72 bits per heavy atom. The second kappa shape index (κ2) is 9.41. The van der Waals surface area contributed by atoms with Gasteiger partial charge in [0.1, 0.15) is 0 Å². The molecule has 1 saturated carbocycles. The average Bonchev–Trinajstić information content (AvgIpc) is 2.38. The molecule has 0 aromatic rings. The summed E-state index contributed by atoms with van der Waals surface area (Å²) in [7, 11) is 0. The Labute approximate surface area is 112 Å². The lowest BCUT2D eigenvalue weighted by atomic mass is 9.80. The fourth-order valence-corrected chi connectivity index (χ4v) is 2.83. The van der Waals surface area contributed by atoms with Crippen LogP contribution in [-0.4, -0.2) is 12.6 Å². The molecule has 0 heterocycles. The number of carbonyl (C=O) groups is 1. The van der Waals surface area contributed by atoms with Gasteiger partial charge >= 0.3 is 5.97 Å². The fourth-order valence-electron chi connectivity index (χ4n) is 2.83. The third-order valence-corrected chi connectivity index (χ3v) is 4.16. The molecular formula is C16H30O2. The number of ether oxygens (including phenoxy) is 1. The molecule has 1 fully saturated rings. The van der Waals surface area contributed by atoms with Gasteiger partial charge in [0, 0.05) is 0 Å². The second-order valence-corrected chi connectivity index (χ2v) is 5.80. The summed E-state index contributed by atoms with van der Waals surface area (Å²) >= 11 is 0. The van der Waals surface area contributed by atoms with Crippen LogP contribution in [0.1, 0.15) is 78.1 Å². The summed E-state index contributed by atoms with van der Waals surface area (Å²) in [6.45, 7) is 5.05. The Bertz CT molecular complexity index is 225. The summed E-state index contributed by atoms with van der Waals surface area (Å²) in [6.07, 6.45) is 12.2. The Morgan fingerprint density at radius 1 is 1.06 bits per heavy atom. The van der Waals surface area contributed by atoms with Crippen molar-refractivity contribution in [2.24, 2.45) is 11.8 Å². The van der Waals surface area contributed by atoms with Gasteiger partial charge in [-0.2, -0.15) is 0 Å². The first-order valence-corrected chi connectivity index (χ1v) is 7.92. The summed E-state index contributed by atoms with van der Waals surface area (Å²) in [4.78, 5) is 11.9. The quantitative estimate of drug-likeness (QED) is 0.463. The predicted octanol–water partition coefficient (Wildman–Crippen LogP) is 4.72. The zero-order chi connectivity index (χ0) is 13.2. The molecule has 2 nitrogen and oxygen atoms in total. The highest BCUT2D eigenvalue weighted by molar-refractivity contribution is 5.72. The molecule has 2 atom stereocenters. The number of hydrogen-bond donors (Lipinski definition) is 0. The van der Waals surface area contributed by atoms with E-state index < -0.39 is 0 Å². The van der Waals surface area contributed by atoms with Crippen molar-refractivity contribution in [1.82, 2.24) is 0 Å². The average molecular weight is 254 g/mol. The minimum Gasteiger partial charge on any atom is -0.465 e. The molecule has 0 radical (unpaired) electrons. The van der Waals surface area contributed by atoms with Gasteiger partial charge in [-0.05, 0) is 25.2 Å². The van der Waals surface area contributed by atoms with Gasteiger partial charge in [-0.25, -0.2) is 0 Å². The molecule has 0 amide bonds. The van der Waals surface area contributed by atoms with Gasteiger partial charge in [-0.15, -0.1) is 0 Å². The molecule has 0 N–H and O–H groups in total. The van der Waals surface area contributed by atoms with Crippen molar-refractivity contribution in [2.75, 3.05) is 6.61 Å². The molecule has 1 aliphatic carbocycles. The van der Waals surface area contributed by atoms with Gasteiger partial charge in [0.15, 0.2) is 0 Å². The topological polar surface area (TPSA) is 26.3 Å². The van der Waals surface area contributed by atoms with Crippen LogP contribution < -0.4 is 0 Å². The predicted molar refractivity (Wildman–Crippen MR) is 75.5 cm³/mol. The standard InChI is InChI=1S/C16H30O2/c1-3-4-5-6-7-10-13-18-16(17)15-12-9-8-11-14(15)2/h14-15H,3-13H2,1-2H3. The lowest BCUT2D eigenvalue weighted by molar-refractivity contribution is -0.151. The van der Waals surface area contributed by atoms with Crippen molar-refractivity contribution in [2.45, 2.75) is 78.1 Å². The largest absolute Gasteiger partial charge is 0.465 e. The zero-order valence-corrected chi connectivity index (χ0v) is 12.2. The van der Waals surface area contributed by atoms with Crippen LogP contribution in [0.5, 0.6) is 0 Å². The minimum absolute atomic E-state index is 0.0655. The molecule has 0 aromatic carbocycles. The van der Waals surface area contributed by atoms with Crippen LogP contribution in [0.4, 0.5) is 0 Å². The van der Waals surface area contributed by atoms with Crippen LogP contribution >= 0.6 is 0 Å². The van der Waals surface area contributed by atoms with Gasteiger partial charge in [0.05, 0.1) is 12.5 Å². The first kappa shape index (κ1) is 15.5. The van der Waals surface area contributed by atoms with Crippen LogP contribution in [0, 0.1) is 11.8 Å². The molecule has 0 aliphatic heterocycles. The van der Waals surface area contributed by atoms with Crippen molar-refractivity contribution in [3.8, 4) is 0 Å². The van der Waals surface area contributed by atoms with Gasteiger partial charge in [0.25, 0.3) is 0 Å². The Hall–Kier alpha value is -0.530. The first-order valence-electron chi connectivity index (χ1n) is 7.92. The highest BCUT2D eigenvalue weighted by atomic mass is 16.5. The summed E-state index contributed by atoms with van der Waals surface area (Å²) in [5.74, 6) is 0.769. The van der Waals surface area contributed by atoms with E-state index in [-0.39, 0.29) is 11.9 Å². The van der Waals surface area contributed by atoms with Crippen LogP contribution in [0.2, 0.25) is 0 Å². The lowest BCUT2D eigenvalue weighted by Gasteiger charge is -2.26. The smallest absolute Gasteiger partial charge is 0.309 e. The first-order chi connectivity index (χ1) is 8.75. The Balaban J connectivity index is 2.02. The summed E-state index contributed by atoms with van der Waals surface area (Å²) in [5.41, 5.74) is 0. The number of hydrogen-bond acceptors (Lipinski definition) is 2. The number of esters is 1. The Morgan fingerprint density at radius 3 is 2.44 bits per heavy atom. The van der Waals surface area contributed by atoms with Crippen molar-refractivity contribution in [3.05, 3.63) is 0 Å². The molecule has 2 unspecified atom stereocenters. The van der Waals surface area contributed by atoms with E-state index in [2.05, 4.69) is 13.8 Å². The highest BCUT2D eigenvalue weighted by Crippen LogP contribution is 2.30. The third-order valence-electron chi connectivity index (χ3n) is 4.16. The summed E-state index contributed by atoms with van der Waals surface area (Å²) in [5, 5.41) is 0. The van der Waals surface area contributed by atoms with Gasteiger partial charge in [-0.1, -0.05) is 58.8 Å². The van der Waals surface area contributed by atoms with Gasteiger partial charge in [-0.3, -0.25) is 4.79 Å². The van der Waals surface area contributed by atoms with E-state index in [0.717, 1.165) is 12.8 Å². The summed E-state index contributed by atoms with van der Waals surface area (Å²) < 4.78 is 5.42. The van der Waals surface area contributed by atoms with Crippen molar-refractivity contribution < 1.29 is 9.53 Å². The molecule has 18 heavy (non-hydrogen) atoms. The summed E-state index contributed by atoms with van der Waals surface area (Å²) in [6, 6.07) is 0. The normalized spacial score (nSPS) is 23.9. The molecule has 0 aromatic heterocycles. The van der Waals surface area contributed by atoms with E-state index >= 15 is 0 Å². The van der Waals surface area contributed by atoms with Crippen LogP contribution in [-0.2, 0) is 9.53 Å². The van der Waals surface area contributed by atoms with E-state index in [4.69, 9.17) is 4.74 Å². The highest BCUT2D eigenvalue weighted by Gasteiger charge is 2.28. The van der Waals surface area contributed by atoms with Crippen LogP contribution in [0.25, 0.3) is 0 Å². The van der Waals surface area contributed by atoms with Gasteiger partial charge in [0.2, 0.25) is 0 Å². The molecule has 0 spiro atoms. The van der Waals surface area contributed by atoms with Crippen molar-refractivity contribution >= 4 is 5.97 Å². The molecular weight excluding hydrogens is 224 g/mol. The minimum atomic E-state index is 0.0655. The maximum absolute atomic E-state index is 11.9. The van der Waals surface area contributed by atoms with Gasteiger partial charge < -0.3 is 4.74 Å². The van der Waals surface area contributed by atoms with E-state index in [1.807, 2.05) is 0 Å². The molecule has 1 aliphatic rings. The Kier molecular flexibility index (Phi) is 8.11. The van der Waals surface area contributed by atoms with E-state index in [9.17, 15) is 4.79 Å². The fraction of sp³-hybridized carbons (Fsp3) is 0.938. The van der Waals surface area contributed by atoms with Crippen molar-refractivity contribution in [3.63, 3.8) is 0 Å². The van der Waals surface area contributed by atoms with E-state index in [1.165, 1.54) is 51.4 Å². The zero-order valence-electron chi connectivity index (χ0n) is 12.2. The second-order valence-electron chi connectivity index (χ2n) is 5.80. The van der Waals surface area contributed by atoms with Crippen molar-refractivity contribution in [1.29, 1.82) is 0 Å². The maximum Gasteiger partial charge on any atom is 0.309 e. The third kappa shape index (κ3) is 5.88. The number of unbranched alkanes of at least 4 members (excludes halogenated alkanes) is 5. The number of rotatable bonds is 8. The van der Waals surface area contributed by atoms with E-state index in [0.29, 0.717) is 12.5 Å².